The Kier molecular flexibility index (Phi) is 5.68. The number of likely N-dealkylation sites (tertiary alicyclic amines) is 1. The molecule has 0 unspecified atom stereocenters. The minimum Gasteiger partial charge on any atom is -0.337 e. The zero-order valence-electron chi connectivity index (χ0n) is 17.4. The fraction of sp³-hybridized carbons (Fsp3) is 0.391. The second kappa shape index (κ2) is 8.15. The van der Waals surface area contributed by atoms with Crippen molar-refractivity contribution in [1.29, 1.82) is 0 Å². The van der Waals surface area contributed by atoms with Gasteiger partial charge >= 0.3 is 0 Å². The fourth-order valence-electron chi connectivity index (χ4n) is 4.51. The predicted molar refractivity (Wildman–Crippen MR) is 115 cm³/mol. The third-order valence-electron chi connectivity index (χ3n) is 5.80. The highest BCUT2D eigenvalue weighted by Crippen LogP contribution is 2.51. The zero-order chi connectivity index (χ0) is 22.3. The first kappa shape index (κ1) is 21.6. The molecule has 2 fully saturated rings. The number of piperidine rings is 1. The van der Waals surface area contributed by atoms with Gasteiger partial charge in [0.2, 0.25) is 15.9 Å². The zero-order valence-corrected chi connectivity index (χ0v) is 18.2. The van der Waals surface area contributed by atoms with E-state index in [0.717, 1.165) is 11.8 Å². The van der Waals surface area contributed by atoms with E-state index in [0.29, 0.717) is 30.7 Å². The van der Waals surface area contributed by atoms with Crippen molar-refractivity contribution in [3.05, 3.63) is 59.7 Å². The quantitative estimate of drug-likeness (QED) is 0.713. The molecular weight excluding hydrogens is 422 g/mol. The van der Waals surface area contributed by atoms with Crippen LogP contribution in [-0.4, -0.2) is 44.3 Å². The minimum atomic E-state index is -3.52. The van der Waals surface area contributed by atoms with Gasteiger partial charge in [-0.15, -0.1) is 0 Å². The topological polar surface area (TPSA) is 66.8 Å². The van der Waals surface area contributed by atoms with Crippen LogP contribution in [0.4, 0.5) is 8.78 Å². The van der Waals surface area contributed by atoms with Crippen molar-refractivity contribution in [1.82, 2.24) is 4.90 Å². The van der Waals surface area contributed by atoms with Crippen LogP contribution < -0.4 is 0 Å². The van der Waals surface area contributed by atoms with Crippen molar-refractivity contribution in [3.63, 3.8) is 0 Å². The maximum absolute atomic E-state index is 14.4. The van der Waals surface area contributed by atoms with Crippen LogP contribution in [0.25, 0.3) is 11.1 Å². The molecule has 0 aromatic heterocycles. The average molecular weight is 447 g/mol. The van der Waals surface area contributed by atoms with Crippen LogP contribution in [0, 0.1) is 23.5 Å². The van der Waals surface area contributed by atoms with E-state index in [1.54, 1.807) is 23.1 Å². The van der Waals surface area contributed by atoms with Gasteiger partial charge in [-0.3, -0.25) is 4.79 Å². The highest BCUT2D eigenvalue weighted by atomic mass is 32.2. The van der Waals surface area contributed by atoms with Gasteiger partial charge in [-0.05, 0) is 47.9 Å². The van der Waals surface area contributed by atoms with Crippen molar-refractivity contribution in [2.45, 2.75) is 25.7 Å². The van der Waals surface area contributed by atoms with Crippen LogP contribution >= 0.6 is 0 Å². The van der Waals surface area contributed by atoms with E-state index >= 15 is 0 Å². The molecule has 2 aromatic rings. The van der Waals surface area contributed by atoms with Crippen molar-refractivity contribution in [2.24, 2.45) is 16.2 Å². The van der Waals surface area contributed by atoms with Crippen molar-refractivity contribution >= 4 is 21.6 Å². The lowest BCUT2D eigenvalue weighted by Gasteiger charge is -2.32. The number of hydrogen-bond donors (Lipinski definition) is 0. The fourth-order valence-corrected chi connectivity index (χ4v) is 5.11. The molecule has 1 heterocycles. The molecule has 164 valence electrons. The molecule has 2 aliphatic rings. The lowest BCUT2D eigenvalue weighted by atomic mass is 9.94. The molecule has 0 N–H and O–H groups in total. The van der Waals surface area contributed by atoms with Gasteiger partial charge in [0.15, 0.2) is 0 Å². The van der Waals surface area contributed by atoms with Gasteiger partial charge in [-0.25, -0.2) is 17.2 Å². The van der Waals surface area contributed by atoms with Crippen molar-refractivity contribution < 1.29 is 22.0 Å². The van der Waals surface area contributed by atoms with E-state index < -0.39 is 21.7 Å². The molecule has 1 aliphatic carbocycles. The van der Waals surface area contributed by atoms with Gasteiger partial charge in [0.1, 0.15) is 11.6 Å². The Balaban J connectivity index is 1.57. The molecule has 1 aliphatic heterocycles. The summed E-state index contributed by atoms with van der Waals surface area (Å²) in [4.78, 5) is 14.8. The molecule has 4 rings (SSSR count). The second-order valence-electron chi connectivity index (χ2n) is 8.55. The summed E-state index contributed by atoms with van der Waals surface area (Å²) in [5.41, 5.74) is 1.62. The number of halogens is 2. The maximum atomic E-state index is 14.4. The largest absolute Gasteiger partial charge is 0.337 e. The van der Waals surface area contributed by atoms with Crippen molar-refractivity contribution in [3.8, 4) is 11.1 Å². The summed E-state index contributed by atoms with van der Waals surface area (Å²) in [5.74, 6) is -1.65. The molecule has 1 saturated heterocycles. The number of carbonyl (C=O) groups excluding carboxylic acids is 1. The van der Waals surface area contributed by atoms with E-state index in [4.69, 9.17) is 0 Å². The predicted octanol–water partition coefficient (Wildman–Crippen LogP) is 4.00. The first-order valence-corrected chi connectivity index (χ1v) is 12.1. The first-order valence-electron chi connectivity index (χ1n) is 10.2. The number of sulfonamides is 1. The third kappa shape index (κ3) is 4.69. The summed E-state index contributed by atoms with van der Waals surface area (Å²) in [7, 11) is -3.52. The SMILES string of the molecule is C[C@H]1CC(=NS(C)(=O)=O)CN(C(=O)[C@@H]2C[C@H]2c2ccccc2-c2c(F)cccc2F)C1. The van der Waals surface area contributed by atoms with Crippen molar-refractivity contribution in [2.75, 3.05) is 19.3 Å². The van der Waals surface area contributed by atoms with Crippen LogP contribution in [0.5, 0.6) is 0 Å². The number of hydrogen-bond acceptors (Lipinski definition) is 3. The Labute approximate surface area is 180 Å². The number of carbonyl (C=O) groups is 1. The summed E-state index contributed by atoms with van der Waals surface area (Å²) in [6, 6.07) is 10.8. The van der Waals surface area contributed by atoms with E-state index in [1.807, 2.05) is 13.0 Å². The normalized spacial score (nSPS) is 25.0. The Morgan fingerprint density at radius 1 is 1.10 bits per heavy atom. The molecular formula is C23H24F2N2O3S. The summed E-state index contributed by atoms with van der Waals surface area (Å²) in [5, 5.41) is 0. The molecule has 0 spiro atoms. The number of nitrogens with zero attached hydrogens (tertiary/aromatic N) is 2. The second-order valence-corrected chi connectivity index (χ2v) is 10.2. The van der Waals surface area contributed by atoms with E-state index in [9.17, 15) is 22.0 Å². The lowest BCUT2D eigenvalue weighted by molar-refractivity contribution is -0.132. The van der Waals surface area contributed by atoms with Crippen LogP contribution in [0.15, 0.2) is 46.9 Å². The standard InChI is InChI=1S/C23H24F2N2O3S/c1-14-10-15(26-31(2,29)30)13-27(12-14)23(28)19-11-18(19)16-6-3-4-7-17(16)22-20(24)8-5-9-21(22)25/h3-9,14,18-19H,10-13H2,1-2H3/t14-,18-,19+/m0/s1. The molecule has 0 bridgehead atoms. The summed E-state index contributed by atoms with van der Waals surface area (Å²) >= 11 is 0. The van der Waals surface area contributed by atoms with E-state index in [1.165, 1.54) is 18.2 Å². The molecule has 2 aromatic carbocycles. The highest BCUT2D eigenvalue weighted by Gasteiger charge is 2.47. The molecule has 0 radical (unpaired) electrons. The van der Waals surface area contributed by atoms with Gasteiger partial charge in [-0.2, -0.15) is 4.40 Å². The molecule has 3 atom stereocenters. The van der Waals surface area contributed by atoms with Gasteiger partial charge in [0.25, 0.3) is 0 Å². The lowest BCUT2D eigenvalue weighted by Crippen LogP contribution is -2.44. The van der Waals surface area contributed by atoms with Crippen LogP contribution in [0.1, 0.15) is 31.2 Å². The van der Waals surface area contributed by atoms with Crippen LogP contribution in [-0.2, 0) is 14.8 Å². The highest BCUT2D eigenvalue weighted by molar-refractivity contribution is 7.89. The molecule has 8 heteroatoms. The summed E-state index contributed by atoms with van der Waals surface area (Å²) in [6.45, 7) is 2.69. The Hall–Kier alpha value is -2.61. The first-order chi connectivity index (χ1) is 14.6. The number of amides is 1. The van der Waals surface area contributed by atoms with E-state index in [2.05, 4.69) is 4.40 Å². The molecule has 1 amide bonds. The third-order valence-corrected chi connectivity index (χ3v) is 6.39. The molecule has 31 heavy (non-hydrogen) atoms. The van der Waals surface area contributed by atoms with Gasteiger partial charge < -0.3 is 4.90 Å². The summed E-state index contributed by atoms with van der Waals surface area (Å²) in [6.07, 6.45) is 2.18. The summed E-state index contributed by atoms with van der Waals surface area (Å²) < 4.78 is 55.7. The van der Waals surface area contributed by atoms with Gasteiger partial charge in [0, 0.05) is 12.5 Å². The Bertz CT molecular complexity index is 1140. The van der Waals surface area contributed by atoms with Gasteiger partial charge in [0.05, 0.1) is 24.1 Å². The number of rotatable bonds is 4. The molecule has 1 saturated carbocycles. The average Bonchev–Trinajstić information content (AvgIpc) is 3.46. The Morgan fingerprint density at radius 3 is 2.45 bits per heavy atom. The monoisotopic (exact) mass is 446 g/mol. The van der Waals surface area contributed by atoms with E-state index in [-0.39, 0.29) is 35.8 Å². The van der Waals surface area contributed by atoms with Crippen LogP contribution in [0.2, 0.25) is 0 Å². The smallest absolute Gasteiger partial charge is 0.250 e. The Morgan fingerprint density at radius 2 is 1.77 bits per heavy atom. The molecule has 5 nitrogen and oxygen atoms in total. The van der Waals surface area contributed by atoms with Gasteiger partial charge in [-0.1, -0.05) is 37.3 Å². The van der Waals surface area contributed by atoms with Crippen LogP contribution in [0.3, 0.4) is 0 Å². The maximum Gasteiger partial charge on any atom is 0.250 e. The number of benzene rings is 2. The minimum absolute atomic E-state index is 0.0680.